The molecule has 0 saturated carbocycles. The molecule has 1 heterocycles. The van der Waals surface area contributed by atoms with Crippen LogP contribution in [0.3, 0.4) is 0 Å². The minimum absolute atomic E-state index is 0.0864. The number of halogens is 3. The minimum Gasteiger partial charge on any atom is -0.444 e. The smallest absolute Gasteiger partial charge is 0.410 e. The summed E-state index contributed by atoms with van der Waals surface area (Å²) in [5.41, 5.74) is -2.24. The van der Waals surface area contributed by atoms with Gasteiger partial charge in [0.1, 0.15) is 11.2 Å². The number of amides is 1. The molecule has 0 aliphatic carbocycles. The van der Waals surface area contributed by atoms with Crippen molar-refractivity contribution in [2.24, 2.45) is 5.92 Å². The highest BCUT2D eigenvalue weighted by atomic mass is 35.6. The molecule has 1 amide bonds. The quantitative estimate of drug-likeness (QED) is 0.616. The van der Waals surface area contributed by atoms with Crippen LogP contribution in [0.25, 0.3) is 0 Å². The lowest BCUT2D eigenvalue weighted by Gasteiger charge is -2.34. The van der Waals surface area contributed by atoms with E-state index in [1.165, 1.54) is 4.90 Å². The molecule has 20 heavy (non-hydrogen) atoms. The zero-order valence-electron chi connectivity index (χ0n) is 11.8. The summed E-state index contributed by atoms with van der Waals surface area (Å²) in [6, 6.07) is 0. The van der Waals surface area contributed by atoms with Gasteiger partial charge < -0.3 is 14.7 Å². The SMILES string of the molecule is C=CCC1CN(C(=O)OC(C)(C)C)C[C@]1(O)C(Cl)(Cl)Cl. The lowest BCUT2D eigenvalue weighted by atomic mass is 9.89. The van der Waals surface area contributed by atoms with Crippen LogP contribution in [0.2, 0.25) is 0 Å². The molecule has 1 rings (SSSR count). The molecule has 0 aromatic heterocycles. The number of rotatable bonds is 2. The van der Waals surface area contributed by atoms with Gasteiger partial charge in [-0.1, -0.05) is 40.9 Å². The fourth-order valence-corrected chi connectivity index (χ4v) is 2.80. The fraction of sp³-hybridized carbons (Fsp3) is 0.769. The summed E-state index contributed by atoms with van der Waals surface area (Å²) in [5, 5.41) is 10.6. The first-order valence-corrected chi connectivity index (χ1v) is 7.42. The van der Waals surface area contributed by atoms with Gasteiger partial charge in [0, 0.05) is 12.5 Å². The van der Waals surface area contributed by atoms with Crippen molar-refractivity contribution in [2.75, 3.05) is 13.1 Å². The van der Waals surface area contributed by atoms with E-state index < -0.39 is 27.0 Å². The Morgan fingerprint density at radius 3 is 2.45 bits per heavy atom. The second-order valence-electron chi connectivity index (χ2n) is 6.00. The molecule has 4 nitrogen and oxygen atoms in total. The van der Waals surface area contributed by atoms with Crippen molar-refractivity contribution in [1.82, 2.24) is 4.90 Å². The molecule has 7 heteroatoms. The Labute approximate surface area is 134 Å². The first-order chi connectivity index (χ1) is 8.90. The van der Waals surface area contributed by atoms with Crippen molar-refractivity contribution in [2.45, 2.75) is 42.2 Å². The second kappa shape index (κ2) is 5.91. The topological polar surface area (TPSA) is 49.8 Å². The van der Waals surface area contributed by atoms with E-state index in [1.807, 2.05) is 0 Å². The van der Waals surface area contributed by atoms with Crippen LogP contribution in [-0.2, 0) is 4.74 Å². The van der Waals surface area contributed by atoms with E-state index in [0.717, 1.165) is 0 Å². The Bertz CT molecular complexity index is 389. The third-order valence-electron chi connectivity index (χ3n) is 3.14. The molecule has 0 aromatic carbocycles. The van der Waals surface area contributed by atoms with E-state index in [1.54, 1.807) is 26.8 Å². The normalized spacial score (nSPS) is 27.6. The molecule has 116 valence electrons. The van der Waals surface area contributed by atoms with E-state index in [4.69, 9.17) is 39.5 Å². The number of carbonyl (C=O) groups excluding carboxylic acids is 1. The molecule has 1 saturated heterocycles. The van der Waals surface area contributed by atoms with E-state index in [-0.39, 0.29) is 13.1 Å². The minimum atomic E-state index is -1.89. The maximum atomic E-state index is 12.1. The number of aliphatic hydroxyl groups is 1. The van der Waals surface area contributed by atoms with Crippen LogP contribution in [0.15, 0.2) is 12.7 Å². The van der Waals surface area contributed by atoms with Crippen molar-refractivity contribution in [3.63, 3.8) is 0 Å². The van der Waals surface area contributed by atoms with Gasteiger partial charge in [-0.05, 0) is 27.2 Å². The Balaban J connectivity index is 2.91. The summed E-state index contributed by atoms with van der Waals surface area (Å²) in [4.78, 5) is 13.4. The molecular weight excluding hydrogens is 325 g/mol. The van der Waals surface area contributed by atoms with Crippen molar-refractivity contribution >= 4 is 40.9 Å². The van der Waals surface area contributed by atoms with Crippen molar-refractivity contribution in [1.29, 1.82) is 0 Å². The Hall–Kier alpha value is -0.160. The lowest BCUT2D eigenvalue weighted by molar-refractivity contribution is 0.00578. The second-order valence-corrected chi connectivity index (χ2v) is 8.29. The zero-order chi connectivity index (χ0) is 15.8. The third kappa shape index (κ3) is 3.94. The Morgan fingerprint density at radius 1 is 1.50 bits per heavy atom. The zero-order valence-corrected chi connectivity index (χ0v) is 14.1. The van der Waals surface area contributed by atoms with Gasteiger partial charge in [-0.3, -0.25) is 0 Å². The number of ether oxygens (including phenoxy) is 1. The molecule has 1 fully saturated rings. The van der Waals surface area contributed by atoms with Gasteiger partial charge >= 0.3 is 6.09 Å². The van der Waals surface area contributed by atoms with Crippen LogP contribution in [0.1, 0.15) is 27.2 Å². The maximum Gasteiger partial charge on any atom is 0.410 e. The number of nitrogens with zero attached hydrogens (tertiary/aromatic N) is 1. The molecule has 1 N–H and O–H groups in total. The van der Waals surface area contributed by atoms with Gasteiger partial charge in [0.05, 0.1) is 6.54 Å². The summed E-state index contributed by atoms with van der Waals surface area (Å²) >= 11 is 17.6. The van der Waals surface area contributed by atoms with Crippen LogP contribution in [0, 0.1) is 5.92 Å². The molecule has 0 radical (unpaired) electrons. The lowest BCUT2D eigenvalue weighted by Crippen LogP contribution is -2.50. The van der Waals surface area contributed by atoms with Gasteiger partial charge in [-0.25, -0.2) is 4.79 Å². The largest absolute Gasteiger partial charge is 0.444 e. The summed E-state index contributed by atoms with van der Waals surface area (Å²) < 4.78 is 3.38. The molecule has 1 aliphatic heterocycles. The van der Waals surface area contributed by atoms with Crippen molar-refractivity contribution in [3.8, 4) is 0 Å². The third-order valence-corrected chi connectivity index (χ3v) is 4.12. The highest BCUT2D eigenvalue weighted by Gasteiger charge is 2.58. The van der Waals surface area contributed by atoms with Crippen molar-refractivity contribution < 1.29 is 14.6 Å². The number of alkyl halides is 3. The molecule has 0 bridgehead atoms. The van der Waals surface area contributed by atoms with Gasteiger partial charge in [-0.15, -0.1) is 6.58 Å². The number of hydrogen-bond acceptors (Lipinski definition) is 3. The predicted octanol–water partition coefficient (Wildman–Crippen LogP) is 3.53. The van der Waals surface area contributed by atoms with Gasteiger partial charge in [0.25, 0.3) is 0 Å². The number of β-amino-alcohol motifs (C(OH)–C–C–N with tert-alkyl or cyclic N) is 1. The highest BCUT2D eigenvalue weighted by molar-refractivity contribution is 6.68. The van der Waals surface area contributed by atoms with Crippen molar-refractivity contribution in [3.05, 3.63) is 12.7 Å². The number of carbonyl (C=O) groups is 1. The standard InChI is InChI=1S/C13H20Cl3NO3/c1-5-6-9-7-17(10(18)20-11(2,3)4)8-12(9,19)13(14,15)16/h5,9,19H,1,6-8H2,2-4H3/t9?,12-/m1/s1. The van der Waals surface area contributed by atoms with Crippen LogP contribution in [0.5, 0.6) is 0 Å². The van der Waals surface area contributed by atoms with Crippen LogP contribution in [-0.4, -0.2) is 44.2 Å². The van der Waals surface area contributed by atoms with Crippen LogP contribution >= 0.6 is 34.8 Å². The monoisotopic (exact) mass is 343 g/mol. The van der Waals surface area contributed by atoms with E-state index in [2.05, 4.69) is 6.58 Å². The first kappa shape index (κ1) is 17.9. The number of allylic oxidation sites excluding steroid dienone is 1. The number of likely N-dealkylation sites (tertiary alicyclic amines) is 1. The Morgan fingerprint density at radius 2 is 2.05 bits per heavy atom. The molecule has 2 atom stereocenters. The average molecular weight is 345 g/mol. The van der Waals surface area contributed by atoms with Gasteiger partial charge in [-0.2, -0.15) is 0 Å². The molecule has 0 aromatic rings. The summed E-state index contributed by atoms with van der Waals surface area (Å²) in [5.74, 6) is -0.403. The maximum absolute atomic E-state index is 12.1. The average Bonchev–Trinajstić information content (AvgIpc) is 2.55. The molecule has 1 aliphatic rings. The van der Waals surface area contributed by atoms with Gasteiger partial charge in [0.2, 0.25) is 3.79 Å². The molecule has 0 spiro atoms. The van der Waals surface area contributed by atoms with E-state index in [0.29, 0.717) is 6.42 Å². The predicted molar refractivity (Wildman–Crippen MR) is 81.4 cm³/mol. The van der Waals surface area contributed by atoms with E-state index >= 15 is 0 Å². The number of hydrogen-bond donors (Lipinski definition) is 1. The molecule has 1 unspecified atom stereocenters. The Kier molecular flexibility index (Phi) is 5.29. The van der Waals surface area contributed by atoms with E-state index in [9.17, 15) is 9.90 Å². The van der Waals surface area contributed by atoms with Gasteiger partial charge in [0.15, 0.2) is 0 Å². The summed E-state index contributed by atoms with van der Waals surface area (Å²) in [6.07, 6.45) is 1.53. The highest BCUT2D eigenvalue weighted by Crippen LogP contribution is 2.47. The first-order valence-electron chi connectivity index (χ1n) is 6.28. The summed E-state index contributed by atoms with van der Waals surface area (Å²) in [6.45, 7) is 9.10. The van der Waals surface area contributed by atoms with Crippen LogP contribution in [0.4, 0.5) is 4.79 Å². The van der Waals surface area contributed by atoms with Crippen LogP contribution < -0.4 is 0 Å². The fourth-order valence-electron chi connectivity index (χ4n) is 2.16. The molecular formula is C13H20Cl3NO3. The summed E-state index contributed by atoms with van der Waals surface area (Å²) in [7, 11) is 0.